The first kappa shape index (κ1) is 12.9. The summed E-state index contributed by atoms with van der Waals surface area (Å²) in [5, 5.41) is 0. The predicted octanol–water partition coefficient (Wildman–Crippen LogP) is 3.26. The quantitative estimate of drug-likeness (QED) is 0.906. The molecule has 1 aromatic rings. The fourth-order valence-electron chi connectivity index (χ4n) is 3.75. The highest BCUT2D eigenvalue weighted by Crippen LogP contribution is 2.37. The summed E-state index contributed by atoms with van der Waals surface area (Å²) in [6, 6.07) is 5.10. The van der Waals surface area contributed by atoms with Crippen molar-refractivity contribution >= 4 is 5.82 Å². The fourth-order valence-corrected chi connectivity index (χ4v) is 3.75. The molecule has 0 aromatic carbocycles. The molecule has 0 spiro atoms. The van der Waals surface area contributed by atoms with Gasteiger partial charge in [-0.1, -0.05) is 18.9 Å². The zero-order valence-electron chi connectivity index (χ0n) is 11.9. The van der Waals surface area contributed by atoms with E-state index in [1.54, 1.807) is 0 Å². The normalized spacial score (nSPS) is 26.0. The van der Waals surface area contributed by atoms with Gasteiger partial charge >= 0.3 is 0 Å². The Labute approximate surface area is 116 Å². The van der Waals surface area contributed by atoms with E-state index in [0.29, 0.717) is 0 Å². The van der Waals surface area contributed by atoms with Crippen molar-refractivity contribution < 1.29 is 0 Å². The van der Waals surface area contributed by atoms with Crippen LogP contribution >= 0.6 is 0 Å². The molecule has 1 aromatic heterocycles. The maximum Gasteiger partial charge on any atom is 0.128 e. The molecule has 2 fully saturated rings. The van der Waals surface area contributed by atoms with Crippen LogP contribution < -0.4 is 10.6 Å². The second-order valence-electron chi connectivity index (χ2n) is 6.19. The third-order valence-electron chi connectivity index (χ3n) is 4.83. The zero-order chi connectivity index (χ0) is 13.2. The largest absolute Gasteiger partial charge is 0.353 e. The molecule has 0 bridgehead atoms. The lowest BCUT2D eigenvalue weighted by atomic mass is 9.96. The van der Waals surface area contributed by atoms with Crippen molar-refractivity contribution in [1.82, 2.24) is 4.98 Å². The predicted molar refractivity (Wildman–Crippen MR) is 79.2 cm³/mol. The number of nitrogens with zero attached hydrogens (tertiary/aromatic N) is 2. The van der Waals surface area contributed by atoms with Crippen LogP contribution in [0, 0.1) is 5.92 Å². The average molecular weight is 259 g/mol. The lowest BCUT2D eigenvalue weighted by Crippen LogP contribution is -2.35. The minimum absolute atomic E-state index is 0.0748. The van der Waals surface area contributed by atoms with Gasteiger partial charge in [-0.2, -0.15) is 0 Å². The molecule has 2 heterocycles. The van der Waals surface area contributed by atoms with Crippen LogP contribution in [0.5, 0.6) is 0 Å². The van der Waals surface area contributed by atoms with Crippen LogP contribution in [0.3, 0.4) is 0 Å². The van der Waals surface area contributed by atoms with Gasteiger partial charge in [0.25, 0.3) is 0 Å². The number of aromatic nitrogens is 1. The van der Waals surface area contributed by atoms with Gasteiger partial charge in [0, 0.05) is 24.8 Å². The van der Waals surface area contributed by atoms with E-state index in [-0.39, 0.29) is 6.04 Å². The lowest BCUT2D eigenvalue weighted by molar-refractivity contribution is 0.429. The van der Waals surface area contributed by atoms with Gasteiger partial charge in [0.05, 0.1) is 0 Å². The summed E-state index contributed by atoms with van der Waals surface area (Å²) in [5.74, 6) is 2.05. The van der Waals surface area contributed by atoms with E-state index < -0.39 is 0 Å². The number of pyridine rings is 1. The Kier molecular flexibility index (Phi) is 3.74. The van der Waals surface area contributed by atoms with E-state index in [0.717, 1.165) is 23.3 Å². The highest BCUT2D eigenvalue weighted by molar-refractivity contribution is 5.42. The molecule has 1 aliphatic carbocycles. The maximum absolute atomic E-state index is 5.89. The number of nitrogens with two attached hydrogens (primary N) is 1. The minimum atomic E-state index is 0.0748. The molecule has 1 saturated heterocycles. The van der Waals surface area contributed by atoms with E-state index in [9.17, 15) is 0 Å². The molecule has 2 atom stereocenters. The van der Waals surface area contributed by atoms with Gasteiger partial charge in [-0.25, -0.2) is 4.98 Å². The van der Waals surface area contributed by atoms with Gasteiger partial charge in [-0.05, 0) is 50.2 Å². The summed E-state index contributed by atoms with van der Waals surface area (Å²) in [6.45, 7) is 3.18. The Morgan fingerprint density at radius 3 is 2.63 bits per heavy atom. The molecule has 2 unspecified atom stereocenters. The van der Waals surface area contributed by atoms with Crippen molar-refractivity contribution in [3.8, 4) is 0 Å². The summed E-state index contributed by atoms with van der Waals surface area (Å²) in [4.78, 5) is 7.19. The van der Waals surface area contributed by atoms with E-state index >= 15 is 0 Å². The molecule has 3 heteroatoms. The standard InChI is InChI=1S/C16H25N3/c1-12(17)14-8-9-16(18-11-14)19-10-4-7-15(19)13-5-2-3-6-13/h8-9,11-13,15H,2-7,10,17H2,1H3. The molecular formula is C16H25N3. The molecule has 0 radical (unpaired) electrons. The highest BCUT2D eigenvalue weighted by Gasteiger charge is 2.33. The second kappa shape index (κ2) is 5.49. The summed E-state index contributed by atoms with van der Waals surface area (Å²) in [6.07, 6.45) is 10.3. The highest BCUT2D eigenvalue weighted by atomic mass is 15.2. The SMILES string of the molecule is CC(N)c1ccc(N2CCCC2C2CCCC2)nc1. The summed E-state index contributed by atoms with van der Waals surface area (Å²) in [5.41, 5.74) is 7.02. The van der Waals surface area contributed by atoms with Crippen LogP contribution in [0.25, 0.3) is 0 Å². The zero-order valence-corrected chi connectivity index (χ0v) is 11.9. The summed E-state index contributed by atoms with van der Waals surface area (Å²) >= 11 is 0. The van der Waals surface area contributed by atoms with Gasteiger partial charge < -0.3 is 10.6 Å². The number of hydrogen-bond acceptors (Lipinski definition) is 3. The third kappa shape index (κ3) is 2.62. The van der Waals surface area contributed by atoms with Crippen LogP contribution in [-0.2, 0) is 0 Å². The first-order chi connectivity index (χ1) is 9.25. The molecule has 19 heavy (non-hydrogen) atoms. The van der Waals surface area contributed by atoms with E-state index in [2.05, 4.69) is 22.0 Å². The van der Waals surface area contributed by atoms with E-state index in [4.69, 9.17) is 5.73 Å². The second-order valence-corrected chi connectivity index (χ2v) is 6.19. The van der Waals surface area contributed by atoms with Crippen molar-refractivity contribution in [3.63, 3.8) is 0 Å². The first-order valence-corrected chi connectivity index (χ1v) is 7.74. The lowest BCUT2D eigenvalue weighted by Gasteiger charge is -2.30. The maximum atomic E-state index is 5.89. The van der Waals surface area contributed by atoms with Gasteiger partial charge in [0.15, 0.2) is 0 Å². The minimum Gasteiger partial charge on any atom is -0.353 e. The molecule has 1 saturated carbocycles. The van der Waals surface area contributed by atoms with Crippen LogP contribution in [0.15, 0.2) is 18.3 Å². The Bertz CT molecular complexity index is 407. The van der Waals surface area contributed by atoms with Crippen molar-refractivity contribution in [2.75, 3.05) is 11.4 Å². The molecular weight excluding hydrogens is 234 g/mol. The molecule has 0 amide bonds. The van der Waals surface area contributed by atoms with Crippen LogP contribution in [0.2, 0.25) is 0 Å². The van der Waals surface area contributed by atoms with Crippen molar-refractivity contribution in [2.24, 2.45) is 11.7 Å². The molecule has 2 aliphatic rings. The Hall–Kier alpha value is -1.09. The smallest absolute Gasteiger partial charge is 0.128 e. The van der Waals surface area contributed by atoms with E-state index in [1.165, 1.54) is 45.1 Å². The molecule has 104 valence electrons. The molecule has 3 nitrogen and oxygen atoms in total. The van der Waals surface area contributed by atoms with Gasteiger partial charge in [-0.15, -0.1) is 0 Å². The van der Waals surface area contributed by atoms with Crippen LogP contribution in [-0.4, -0.2) is 17.6 Å². The number of anilines is 1. The monoisotopic (exact) mass is 259 g/mol. The topological polar surface area (TPSA) is 42.1 Å². The number of hydrogen-bond donors (Lipinski definition) is 1. The fraction of sp³-hybridized carbons (Fsp3) is 0.688. The first-order valence-electron chi connectivity index (χ1n) is 7.74. The van der Waals surface area contributed by atoms with Crippen molar-refractivity contribution in [1.29, 1.82) is 0 Å². The van der Waals surface area contributed by atoms with Crippen molar-refractivity contribution in [2.45, 2.75) is 57.5 Å². The summed E-state index contributed by atoms with van der Waals surface area (Å²) < 4.78 is 0. The number of rotatable bonds is 3. The summed E-state index contributed by atoms with van der Waals surface area (Å²) in [7, 11) is 0. The van der Waals surface area contributed by atoms with Gasteiger partial charge in [-0.3, -0.25) is 0 Å². The Morgan fingerprint density at radius 1 is 1.21 bits per heavy atom. The van der Waals surface area contributed by atoms with E-state index in [1.807, 2.05) is 13.1 Å². The van der Waals surface area contributed by atoms with Crippen LogP contribution in [0.1, 0.15) is 57.1 Å². The molecule has 1 aliphatic heterocycles. The average Bonchev–Trinajstić information content (AvgIpc) is 3.09. The Morgan fingerprint density at radius 2 is 2.00 bits per heavy atom. The molecule has 3 rings (SSSR count). The van der Waals surface area contributed by atoms with Gasteiger partial charge in [0.2, 0.25) is 0 Å². The van der Waals surface area contributed by atoms with Crippen LogP contribution in [0.4, 0.5) is 5.82 Å². The van der Waals surface area contributed by atoms with Gasteiger partial charge in [0.1, 0.15) is 5.82 Å². The molecule has 2 N–H and O–H groups in total. The third-order valence-corrected chi connectivity index (χ3v) is 4.83. The Balaban J connectivity index is 1.76. The van der Waals surface area contributed by atoms with Crippen molar-refractivity contribution in [3.05, 3.63) is 23.9 Å².